The summed E-state index contributed by atoms with van der Waals surface area (Å²) in [5.41, 5.74) is 1.57. The Morgan fingerprint density at radius 3 is 2.35 bits per heavy atom. The predicted molar refractivity (Wildman–Crippen MR) is 101 cm³/mol. The fourth-order valence-electron chi connectivity index (χ4n) is 4.05. The van der Waals surface area contributed by atoms with Crippen LogP contribution in [0.15, 0.2) is 24.3 Å². The largest absolute Gasteiger partial charge is 0.383 e. The summed E-state index contributed by atoms with van der Waals surface area (Å²) in [6.45, 7) is 8.13. The van der Waals surface area contributed by atoms with Crippen molar-refractivity contribution in [2.45, 2.75) is 38.8 Å². The minimum atomic E-state index is 0.0642. The molecule has 0 aromatic heterocycles. The number of hydrogen-bond donors (Lipinski definition) is 0. The summed E-state index contributed by atoms with van der Waals surface area (Å²) < 4.78 is 5.20. The van der Waals surface area contributed by atoms with Crippen molar-refractivity contribution in [1.82, 2.24) is 9.80 Å². The number of nitrogens with zero attached hydrogens (tertiary/aromatic N) is 3. The lowest BCUT2D eigenvalue weighted by molar-refractivity contribution is -0.117. The van der Waals surface area contributed by atoms with Gasteiger partial charge in [0.1, 0.15) is 0 Å². The van der Waals surface area contributed by atoms with E-state index in [1.807, 2.05) is 29.2 Å². The van der Waals surface area contributed by atoms with E-state index in [4.69, 9.17) is 4.74 Å². The molecule has 0 aliphatic carbocycles. The SMILES string of the molecule is COCCN1C(C)CN(C(=O)c2ccc(N3CCCC3=O)cc2)CC1C. The average molecular weight is 359 g/mol. The van der Waals surface area contributed by atoms with Crippen molar-refractivity contribution in [2.24, 2.45) is 0 Å². The van der Waals surface area contributed by atoms with E-state index in [1.54, 1.807) is 12.0 Å². The van der Waals surface area contributed by atoms with Gasteiger partial charge in [0, 0.05) is 63.0 Å². The van der Waals surface area contributed by atoms with Crippen LogP contribution in [-0.4, -0.2) is 73.6 Å². The molecule has 2 unspecified atom stereocenters. The van der Waals surface area contributed by atoms with Crippen LogP contribution in [0, 0.1) is 0 Å². The molecule has 6 heteroatoms. The Morgan fingerprint density at radius 2 is 1.81 bits per heavy atom. The van der Waals surface area contributed by atoms with Crippen LogP contribution in [0.25, 0.3) is 0 Å². The first-order valence-electron chi connectivity index (χ1n) is 9.45. The number of benzene rings is 1. The molecule has 1 aromatic carbocycles. The average Bonchev–Trinajstić information content (AvgIpc) is 3.06. The van der Waals surface area contributed by atoms with Crippen LogP contribution in [0.2, 0.25) is 0 Å². The van der Waals surface area contributed by atoms with Gasteiger partial charge in [-0.25, -0.2) is 0 Å². The third-order valence-electron chi connectivity index (χ3n) is 5.44. The second-order valence-corrected chi connectivity index (χ2v) is 7.33. The standard InChI is InChI=1S/C20H29N3O3/c1-15-13-21(14-16(2)22(15)11-12-26-3)20(25)17-6-8-18(9-7-17)23-10-4-5-19(23)24/h6-9,15-16H,4-5,10-14H2,1-3H3. The maximum absolute atomic E-state index is 12.9. The van der Waals surface area contributed by atoms with Crippen molar-refractivity contribution in [3.05, 3.63) is 29.8 Å². The summed E-state index contributed by atoms with van der Waals surface area (Å²) in [6, 6.07) is 8.07. The Morgan fingerprint density at radius 1 is 1.15 bits per heavy atom. The normalized spacial score (nSPS) is 24.3. The molecule has 2 aliphatic heterocycles. The van der Waals surface area contributed by atoms with E-state index in [2.05, 4.69) is 18.7 Å². The van der Waals surface area contributed by atoms with Gasteiger partial charge in [-0.2, -0.15) is 0 Å². The van der Waals surface area contributed by atoms with Gasteiger partial charge in [-0.15, -0.1) is 0 Å². The molecular formula is C20H29N3O3. The lowest BCUT2D eigenvalue weighted by Gasteiger charge is -2.44. The van der Waals surface area contributed by atoms with Gasteiger partial charge in [-0.1, -0.05) is 0 Å². The van der Waals surface area contributed by atoms with Gasteiger partial charge in [-0.3, -0.25) is 14.5 Å². The lowest BCUT2D eigenvalue weighted by Crippen LogP contribution is -2.58. The van der Waals surface area contributed by atoms with E-state index < -0.39 is 0 Å². The van der Waals surface area contributed by atoms with Gasteiger partial charge in [0.25, 0.3) is 5.91 Å². The summed E-state index contributed by atoms with van der Waals surface area (Å²) in [7, 11) is 1.72. The molecule has 26 heavy (non-hydrogen) atoms. The van der Waals surface area contributed by atoms with Gasteiger partial charge in [0.05, 0.1) is 6.61 Å². The number of amides is 2. The van der Waals surface area contributed by atoms with Gasteiger partial charge in [0.15, 0.2) is 0 Å². The Kier molecular flexibility index (Phi) is 5.94. The molecular weight excluding hydrogens is 330 g/mol. The first-order valence-corrected chi connectivity index (χ1v) is 9.45. The molecule has 2 atom stereocenters. The molecule has 2 amide bonds. The van der Waals surface area contributed by atoms with Gasteiger partial charge >= 0.3 is 0 Å². The summed E-state index contributed by atoms with van der Waals surface area (Å²) in [5.74, 6) is 0.230. The number of methoxy groups -OCH3 is 1. The zero-order valence-electron chi connectivity index (χ0n) is 16.0. The fraction of sp³-hybridized carbons (Fsp3) is 0.600. The smallest absolute Gasteiger partial charge is 0.253 e. The van der Waals surface area contributed by atoms with Crippen LogP contribution < -0.4 is 4.90 Å². The molecule has 0 bridgehead atoms. The first-order chi connectivity index (χ1) is 12.5. The Balaban J connectivity index is 1.65. The maximum Gasteiger partial charge on any atom is 0.253 e. The predicted octanol–water partition coefficient (Wildman–Crippen LogP) is 1.99. The Hall–Kier alpha value is -1.92. The molecule has 6 nitrogen and oxygen atoms in total. The first kappa shape index (κ1) is 18.9. The van der Waals surface area contributed by atoms with E-state index in [-0.39, 0.29) is 11.8 Å². The molecule has 0 spiro atoms. The number of carbonyl (C=O) groups excluding carboxylic acids is 2. The maximum atomic E-state index is 12.9. The quantitative estimate of drug-likeness (QED) is 0.807. The van der Waals surface area contributed by atoms with Crippen LogP contribution in [0.1, 0.15) is 37.0 Å². The summed E-state index contributed by atoms with van der Waals surface area (Å²) >= 11 is 0. The number of anilines is 1. The molecule has 2 saturated heterocycles. The molecule has 2 fully saturated rings. The molecule has 142 valence electrons. The van der Waals surface area contributed by atoms with E-state index in [9.17, 15) is 9.59 Å². The van der Waals surface area contributed by atoms with Crippen molar-refractivity contribution in [2.75, 3.05) is 44.8 Å². The lowest BCUT2D eigenvalue weighted by atomic mass is 10.1. The number of carbonyl (C=O) groups is 2. The molecule has 1 aromatic rings. The van der Waals surface area contributed by atoms with E-state index >= 15 is 0 Å². The fourth-order valence-corrected chi connectivity index (χ4v) is 4.05. The van der Waals surface area contributed by atoms with Crippen LogP contribution in [0.4, 0.5) is 5.69 Å². The molecule has 0 N–H and O–H groups in total. The highest BCUT2D eigenvalue weighted by molar-refractivity contribution is 5.97. The second kappa shape index (κ2) is 8.18. The number of hydrogen-bond acceptors (Lipinski definition) is 4. The third kappa shape index (κ3) is 3.91. The topological polar surface area (TPSA) is 53.1 Å². The highest BCUT2D eigenvalue weighted by Gasteiger charge is 2.32. The van der Waals surface area contributed by atoms with Gasteiger partial charge < -0.3 is 14.5 Å². The number of ether oxygens (including phenoxy) is 1. The molecule has 2 heterocycles. The zero-order chi connectivity index (χ0) is 18.7. The van der Waals surface area contributed by atoms with Crippen molar-refractivity contribution in [3.63, 3.8) is 0 Å². The Bertz CT molecular complexity index is 634. The third-order valence-corrected chi connectivity index (χ3v) is 5.44. The molecule has 0 radical (unpaired) electrons. The minimum Gasteiger partial charge on any atom is -0.383 e. The van der Waals surface area contributed by atoms with E-state index in [0.717, 1.165) is 38.3 Å². The van der Waals surface area contributed by atoms with Gasteiger partial charge in [-0.05, 0) is 44.5 Å². The summed E-state index contributed by atoms with van der Waals surface area (Å²) in [6.07, 6.45) is 1.52. The van der Waals surface area contributed by atoms with Crippen molar-refractivity contribution in [3.8, 4) is 0 Å². The van der Waals surface area contributed by atoms with Crippen LogP contribution in [-0.2, 0) is 9.53 Å². The van der Waals surface area contributed by atoms with E-state index in [1.165, 1.54) is 0 Å². The number of piperazine rings is 1. The van der Waals surface area contributed by atoms with Crippen LogP contribution in [0.5, 0.6) is 0 Å². The van der Waals surface area contributed by atoms with Crippen molar-refractivity contribution >= 4 is 17.5 Å². The highest BCUT2D eigenvalue weighted by Crippen LogP contribution is 2.23. The van der Waals surface area contributed by atoms with Crippen LogP contribution >= 0.6 is 0 Å². The molecule has 3 rings (SSSR count). The summed E-state index contributed by atoms with van der Waals surface area (Å²) in [5, 5.41) is 0. The van der Waals surface area contributed by atoms with Crippen molar-refractivity contribution in [1.29, 1.82) is 0 Å². The molecule has 2 aliphatic rings. The monoisotopic (exact) mass is 359 g/mol. The minimum absolute atomic E-state index is 0.0642. The highest BCUT2D eigenvalue weighted by atomic mass is 16.5. The van der Waals surface area contributed by atoms with Gasteiger partial charge in [0.2, 0.25) is 5.91 Å². The molecule has 0 saturated carbocycles. The second-order valence-electron chi connectivity index (χ2n) is 7.33. The van der Waals surface area contributed by atoms with Crippen molar-refractivity contribution < 1.29 is 14.3 Å². The van der Waals surface area contributed by atoms with Crippen LogP contribution in [0.3, 0.4) is 0 Å². The zero-order valence-corrected chi connectivity index (χ0v) is 16.0. The Labute approximate surface area is 155 Å². The summed E-state index contributed by atoms with van der Waals surface area (Å²) in [4.78, 5) is 30.9. The van der Waals surface area contributed by atoms with E-state index in [0.29, 0.717) is 30.7 Å². The number of rotatable bonds is 5.